The van der Waals surface area contributed by atoms with Crippen LogP contribution >= 0.6 is 24.8 Å². The Hall–Kier alpha value is -0.990. The zero-order chi connectivity index (χ0) is 17.5. The fraction of sp³-hybridized carbons (Fsp3) is 0.722. The van der Waals surface area contributed by atoms with Crippen LogP contribution in [0.4, 0.5) is 0 Å². The van der Waals surface area contributed by atoms with E-state index in [1.165, 1.54) is 0 Å². The van der Waals surface area contributed by atoms with Crippen molar-refractivity contribution in [3.05, 3.63) is 24.3 Å². The molecule has 7 nitrogen and oxygen atoms in total. The fourth-order valence-corrected chi connectivity index (χ4v) is 3.74. The lowest BCUT2D eigenvalue weighted by molar-refractivity contribution is -0.125. The third-order valence-corrected chi connectivity index (χ3v) is 5.18. The van der Waals surface area contributed by atoms with Gasteiger partial charge in [0.2, 0.25) is 5.91 Å². The summed E-state index contributed by atoms with van der Waals surface area (Å²) in [6.45, 7) is 3.90. The van der Waals surface area contributed by atoms with Gasteiger partial charge in [-0.1, -0.05) is 0 Å². The minimum absolute atomic E-state index is 0. The van der Waals surface area contributed by atoms with Crippen LogP contribution in [-0.2, 0) is 16.0 Å². The minimum atomic E-state index is 0. The number of carbonyl (C=O) groups is 1. The first-order valence-electron chi connectivity index (χ1n) is 9.32. The number of rotatable bonds is 5. The second-order valence-corrected chi connectivity index (χ2v) is 7.07. The molecule has 2 aliphatic rings. The summed E-state index contributed by atoms with van der Waals surface area (Å²) in [5.74, 6) is 0.147. The topological polar surface area (TPSA) is 93.4 Å². The Kier molecular flexibility index (Phi) is 11.1. The first-order chi connectivity index (χ1) is 12.2. The molecule has 2 fully saturated rings. The molecule has 9 heteroatoms. The highest BCUT2D eigenvalue weighted by molar-refractivity contribution is 5.85. The van der Waals surface area contributed by atoms with E-state index in [1.807, 2.05) is 0 Å². The van der Waals surface area contributed by atoms with Gasteiger partial charge in [0.1, 0.15) is 0 Å². The number of nitrogens with zero attached hydrogens (tertiary/aromatic N) is 3. The van der Waals surface area contributed by atoms with Gasteiger partial charge in [0, 0.05) is 69.9 Å². The molecule has 0 saturated carbocycles. The molecule has 0 radical (unpaired) electrons. The molecule has 2 saturated heterocycles. The quantitative estimate of drug-likeness (QED) is 0.744. The Morgan fingerprint density at radius 2 is 1.96 bits per heavy atom. The molecule has 3 heterocycles. The Morgan fingerprint density at radius 3 is 2.67 bits per heavy atom. The van der Waals surface area contributed by atoms with E-state index in [9.17, 15) is 4.79 Å². The van der Waals surface area contributed by atoms with Gasteiger partial charge >= 0.3 is 0 Å². The van der Waals surface area contributed by atoms with Crippen LogP contribution in [0.3, 0.4) is 0 Å². The van der Waals surface area contributed by atoms with Gasteiger partial charge in [-0.05, 0) is 25.7 Å². The van der Waals surface area contributed by atoms with Gasteiger partial charge in [-0.25, -0.2) is 0 Å². The largest absolute Gasteiger partial charge is 0.381 e. The third-order valence-electron chi connectivity index (χ3n) is 5.18. The summed E-state index contributed by atoms with van der Waals surface area (Å²) in [6.07, 6.45) is 9.61. The predicted octanol–water partition coefficient (Wildman–Crippen LogP) is 1.20. The molecule has 0 aliphatic carbocycles. The van der Waals surface area contributed by atoms with Gasteiger partial charge in [-0.3, -0.25) is 19.7 Å². The van der Waals surface area contributed by atoms with E-state index in [0.29, 0.717) is 19.0 Å². The van der Waals surface area contributed by atoms with Crippen molar-refractivity contribution in [2.75, 3.05) is 32.8 Å². The molecule has 1 aromatic heterocycles. The Balaban J connectivity index is 0.00000182. The number of nitrogens with one attached hydrogen (secondary N) is 1. The zero-order valence-electron chi connectivity index (χ0n) is 15.6. The number of carbonyl (C=O) groups excluding carboxylic acids is 1. The number of hydrogen-bond donors (Lipinski definition) is 2. The average Bonchev–Trinajstić information content (AvgIpc) is 2.85. The summed E-state index contributed by atoms with van der Waals surface area (Å²) in [4.78, 5) is 23.3. The van der Waals surface area contributed by atoms with Crippen molar-refractivity contribution in [2.45, 2.75) is 44.2 Å². The summed E-state index contributed by atoms with van der Waals surface area (Å²) in [6, 6.07) is 0.646. The summed E-state index contributed by atoms with van der Waals surface area (Å²) in [7, 11) is 0. The first kappa shape index (κ1) is 24.0. The van der Waals surface area contributed by atoms with E-state index >= 15 is 0 Å². The van der Waals surface area contributed by atoms with Crippen LogP contribution in [0.25, 0.3) is 0 Å². The van der Waals surface area contributed by atoms with Crippen LogP contribution in [0.2, 0.25) is 0 Å². The molecule has 154 valence electrons. The van der Waals surface area contributed by atoms with Crippen LogP contribution in [0.15, 0.2) is 18.6 Å². The van der Waals surface area contributed by atoms with Crippen molar-refractivity contribution in [2.24, 2.45) is 11.7 Å². The number of halogens is 2. The summed E-state index contributed by atoms with van der Waals surface area (Å²) < 4.78 is 5.47. The maximum atomic E-state index is 12.6. The lowest BCUT2D eigenvalue weighted by Gasteiger charge is -2.35. The molecule has 27 heavy (non-hydrogen) atoms. The van der Waals surface area contributed by atoms with E-state index in [2.05, 4.69) is 20.2 Å². The molecular weight excluding hydrogens is 389 g/mol. The van der Waals surface area contributed by atoms with Crippen LogP contribution in [0.1, 0.15) is 31.4 Å². The van der Waals surface area contributed by atoms with Gasteiger partial charge in [-0.2, -0.15) is 0 Å². The number of nitrogens with two attached hydrogens (primary N) is 1. The minimum Gasteiger partial charge on any atom is -0.381 e. The lowest BCUT2D eigenvalue weighted by atomic mass is 10.0. The monoisotopic (exact) mass is 419 g/mol. The number of aromatic nitrogens is 2. The second-order valence-electron chi connectivity index (χ2n) is 7.07. The van der Waals surface area contributed by atoms with Crippen molar-refractivity contribution in [3.8, 4) is 0 Å². The molecule has 3 rings (SSSR count). The normalized spacial score (nSPS) is 24.2. The highest BCUT2D eigenvalue weighted by Gasteiger charge is 2.31. The molecule has 2 atom stereocenters. The van der Waals surface area contributed by atoms with Crippen LogP contribution in [0.5, 0.6) is 0 Å². The zero-order valence-corrected chi connectivity index (χ0v) is 17.2. The Bertz CT molecular complexity index is 546. The van der Waals surface area contributed by atoms with Crippen LogP contribution in [-0.4, -0.2) is 65.7 Å². The van der Waals surface area contributed by atoms with E-state index in [1.54, 1.807) is 18.6 Å². The van der Waals surface area contributed by atoms with E-state index in [0.717, 1.165) is 57.7 Å². The van der Waals surface area contributed by atoms with Gasteiger partial charge in [0.15, 0.2) is 0 Å². The standard InChI is InChI=1S/C18H29N5O2.2ClH/c19-15-2-1-14(12-23(13-15)17-4-9-25-10-5-17)18(24)22-6-3-16-11-20-7-8-21-16;;/h7-8,11,14-15,17H,1-6,9-10,12-13,19H2,(H,22,24);2*1H/t14-,15+;;/m1../s1. The molecule has 1 aromatic rings. The SMILES string of the molecule is Cl.Cl.N[C@H]1CC[C@@H](C(=O)NCCc2cnccn2)CN(C2CCOCC2)C1. The van der Waals surface area contributed by atoms with E-state index < -0.39 is 0 Å². The van der Waals surface area contributed by atoms with E-state index in [4.69, 9.17) is 10.5 Å². The van der Waals surface area contributed by atoms with Gasteiger partial charge in [0.25, 0.3) is 0 Å². The predicted molar refractivity (Wildman–Crippen MR) is 109 cm³/mol. The maximum Gasteiger partial charge on any atom is 0.224 e. The number of likely N-dealkylation sites (tertiary alicyclic amines) is 1. The number of ether oxygens (including phenoxy) is 1. The second kappa shape index (κ2) is 12.5. The maximum absolute atomic E-state index is 12.6. The first-order valence-corrected chi connectivity index (χ1v) is 9.32. The fourth-order valence-electron chi connectivity index (χ4n) is 3.74. The summed E-state index contributed by atoms with van der Waals surface area (Å²) in [5.41, 5.74) is 7.15. The molecule has 3 N–H and O–H groups in total. The van der Waals surface area contributed by atoms with Crippen molar-refractivity contribution in [1.29, 1.82) is 0 Å². The number of amides is 1. The molecule has 2 aliphatic heterocycles. The molecule has 0 spiro atoms. The number of hydrogen-bond acceptors (Lipinski definition) is 6. The summed E-state index contributed by atoms with van der Waals surface area (Å²) >= 11 is 0. The summed E-state index contributed by atoms with van der Waals surface area (Å²) in [5, 5.41) is 3.07. The van der Waals surface area contributed by atoms with Crippen molar-refractivity contribution < 1.29 is 9.53 Å². The Morgan fingerprint density at radius 1 is 1.19 bits per heavy atom. The van der Waals surface area contributed by atoms with Crippen molar-refractivity contribution >= 4 is 30.7 Å². The van der Waals surface area contributed by atoms with Crippen LogP contribution in [0, 0.1) is 5.92 Å². The van der Waals surface area contributed by atoms with Crippen molar-refractivity contribution in [3.63, 3.8) is 0 Å². The molecule has 1 amide bonds. The molecule has 0 bridgehead atoms. The van der Waals surface area contributed by atoms with Crippen LogP contribution < -0.4 is 11.1 Å². The van der Waals surface area contributed by atoms with E-state index in [-0.39, 0.29) is 42.7 Å². The van der Waals surface area contributed by atoms with Gasteiger partial charge < -0.3 is 15.8 Å². The van der Waals surface area contributed by atoms with Gasteiger partial charge in [-0.15, -0.1) is 24.8 Å². The lowest BCUT2D eigenvalue weighted by Crippen LogP contribution is -2.47. The molecular formula is C18H31Cl2N5O2. The average molecular weight is 420 g/mol. The smallest absolute Gasteiger partial charge is 0.224 e. The molecule has 0 aromatic carbocycles. The third kappa shape index (κ3) is 7.50. The van der Waals surface area contributed by atoms with Gasteiger partial charge in [0.05, 0.1) is 11.6 Å². The molecule has 0 unspecified atom stereocenters. The highest BCUT2D eigenvalue weighted by atomic mass is 35.5. The Labute approximate surface area is 173 Å². The highest BCUT2D eigenvalue weighted by Crippen LogP contribution is 2.22. The van der Waals surface area contributed by atoms with Crippen molar-refractivity contribution in [1.82, 2.24) is 20.2 Å².